The maximum absolute atomic E-state index is 12.9. The number of fused-ring (bicyclic) bond motifs is 1. The Labute approximate surface area is 149 Å². The topological polar surface area (TPSA) is 58.6 Å². The first-order valence-electron chi connectivity index (χ1n) is 9.76. The summed E-state index contributed by atoms with van der Waals surface area (Å²) in [5.41, 5.74) is 0.634. The molecule has 0 spiro atoms. The van der Waals surface area contributed by atoms with E-state index in [1.807, 2.05) is 24.3 Å². The zero-order valence-corrected chi connectivity index (χ0v) is 14.7. The normalized spacial score (nSPS) is 41.1. The Kier molecular flexibility index (Phi) is 3.43. The molecule has 2 N–H and O–H groups in total. The number of carbonyl (C=O) groups is 1. The van der Waals surface area contributed by atoms with Gasteiger partial charge >= 0.3 is 0 Å². The number of para-hydroxylation sites is 1. The van der Waals surface area contributed by atoms with E-state index in [9.17, 15) is 9.90 Å². The summed E-state index contributed by atoms with van der Waals surface area (Å²) in [7, 11) is 0. The molecule has 0 saturated heterocycles. The largest absolute Gasteiger partial charge is 0.493 e. The molecule has 1 aromatic rings. The summed E-state index contributed by atoms with van der Waals surface area (Å²) in [4.78, 5) is 12.9. The molecule has 5 aliphatic rings. The van der Waals surface area contributed by atoms with E-state index in [4.69, 9.17) is 4.74 Å². The SMILES string of the molecule is O=C(CC12C[C@@H]3C[C@@H](CC(O)(C3)C1)C2)N[C@@H]1CCOc2ccccc21. The number of nitrogens with one attached hydrogen (secondary N) is 1. The van der Waals surface area contributed by atoms with E-state index in [0.29, 0.717) is 24.9 Å². The molecule has 4 saturated carbocycles. The maximum Gasteiger partial charge on any atom is 0.221 e. The fourth-order valence-corrected chi connectivity index (χ4v) is 6.69. The molecule has 4 nitrogen and oxygen atoms in total. The first-order chi connectivity index (χ1) is 12.0. The van der Waals surface area contributed by atoms with Crippen molar-refractivity contribution < 1.29 is 14.6 Å². The molecule has 4 bridgehead atoms. The van der Waals surface area contributed by atoms with Gasteiger partial charge < -0.3 is 15.2 Å². The van der Waals surface area contributed by atoms with Crippen LogP contribution in [0.1, 0.15) is 63.0 Å². The lowest BCUT2D eigenvalue weighted by atomic mass is 9.47. The smallest absolute Gasteiger partial charge is 0.221 e. The molecule has 4 heteroatoms. The van der Waals surface area contributed by atoms with Gasteiger partial charge in [0.25, 0.3) is 0 Å². The van der Waals surface area contributed by atoms with Gasteiger partial charge in [-0.05, 0) is 61.8 Å². The fraction of sp³-hybridized carbons (Fsp3) is 0.667. The van der Waals surface area contributed by atoms with Crippen LogP contribution in [0.5, 0.6) is 5.75 Å². The molecule has 4 fully saturated rings. The average Bonchev–Trinajstić information content (AvgIpc) is 2.52. The molecule has 2 unspecified atom stereocenters. The van der Waals surface area contributed by atoms with Crippen LogP contribution in [-0.2, 0) is 4.79 Å². The summed E-state index contributed by atoms with van der Waals surface area (Å²) in [5.74, 6) is 2.29. The van der Waals surface area contributed by atoms with Crippen LogP contribution in [0.15, 0.2) is 24.3 Å². The lowest BCUT2D eigenvalue weighted by Gasteiger charge is -2.60. The summed E-state index contributed by atoms with van der Waals surface area (Å²) in [5, 5.41) is 14.1. The molecule has 1 heterocycles. The Morgan fingerprint density at radius 2 is 1.96 bits per heavy atom. The van der Waals surface area contributed by atoms with E-state index in [1.165, 1.54) is 6.42 Å². The minimum atomic E-state index is -0.490. The van der Waals surface area contributed by atoms with Crippen molar-refractivity contribution in [2.45, 2.75) is 63.0 Å². The molecule has 6 rings (SSSR count). The Balaban J connectivity index is 1.30. The van der Waals surface area contributed by atoms with Gasteiger partial charge in [-0.3, -0.25) is 4.79 Å². The molecule has 1 aliphatic heterocycles. The van der Waals surface area contributed by atoms with Gasteiger partial charge in [0.1, 0.15) is 5.75 Å². The number of hydrogen-bond acceptors (Lipinski definition) is 3. The molecule has 0 aromatic heterocycles. The van der Waals surface area contributed by atoms with Crippen molar-refractivity contribution >= 4 is 5.91 Å². The van der Waals surface area contributed by atoms with Crippen LogP contribution >= 0.6 is 0 Å². The summed E-state index contributed by atoms with van der Waals surface area (Å²) in [6.07, 6.45) is 7.66. The van der Waals surface area contributed by atoms with Gasteiger partial charge in [0.05, 0.1) is 18.2 Å². The van der Waals surface area contributed by atoms with Crippen molar-refractivity contribution in [1.29, 1.82) is 0 Å². The average molecular weight is 341 g/mol. The second-order valence-electron chi connectivity index (χ2n) is 9.16. The number of aliphatic hydroxyl groups is 1. The third kappa shape index (κ3) is 2.75. The Morgan fingerprint density at radius 3 is 2.72 bits per heavy atom. The number of hydrogen-bond donors (Lipinski definition) is 2. The van der Waals surface area contributed by atoms with Gasteiger partial charge in [-0.15, -0.1) is 0 Å². The predicted octanol–water partition coefficient (Wildman–Crippen LogP) is 3.35. The third-order valence-electron chi connectivity index (χ3n) is 6.98. The lowest BCUT2D eigenvalue weighted by Crippen LogP contribution is -2.56. The van der Waals surface area contributed by atoms with E-state index in [2.05, 4.69) is 5.32 Å². The van der Waals surface area contributed by atoms with E-state index in [1.54, 1.807) is 0 Å². The van der Waals surface area contributed by atoms with Crippen LogP contribution in [0.4, 0.5) is 0 Å². The van der Waals surface area contributed by atoms with Crippen LogP contribution in [0.25, 0.3) is 0 Å². The third-order valence-corrected chi connectivity index (χ3v) is 6.98. The van der Waals surface area contributed by atoms with Crippen LogP contribution in [0.2, 0.25) is 0 Å². The Hall–Kier alpha value is -1.55. The van der Waals surface area contributed by atoms with E-state index >= 15 is 0 Å². The summed E-state index contributed by atoms with van der Waals surface area (Å²) in [6.45, 7) is 0.650. The standard InChI is InChI=1S/C21H27NO3/c23-19(22-17-5-6-25-18-4-2-1-3-16(17)18)12-20-8-14-7-15(9-20)11-21(24,10-14)13-20/h1-4,14-15,17,24H,5-13H2,(H,22,23)/t14-,15+,17-,20?,21?/m1/s1. The van der Waals surface area contributed by atoms with Gasteiger partial charge in [0.2, 0.25) is 5.91 Å². The lowest BCUT2D eigenvalue weighted by molar-refractivity contribution is -0.169. The first kappa shape index (κ1) is 15.7. The minimum Gasteiger partial charge on any atom is -0.493 e. The fourth-order valence-electron chi connectivity index (χ4n) is 6.69. The molecule has 134 valence electrons. The molecular formula is C21H27NO3. The zero-order valence-electron chi connectivity index (χ0n) is 14.7. The van der Waals surface area contributed by atoms with Gasteiger partial charge in [0.15, 0.2) is 0 Å². The van der Waals surface area contributed by atoms with Crippen molar-refractivity contribution in [2.75, 3.05) is 6.61 Å². The molecule has 4 aliphatic carbocycles. The monoisotopic (exact) mass is 341 g/mol. The molecular weight excluding hydrogens is 314 g/mol. The molecule has 1 aromatic carbocycles. The molecule has 0 radical (unpaired) electrons. The number of ether oxygens (including phenoxy) is 1. The van der Waals surface area contributed by atoms with E-state index in [0.717, 1.165) is 49.8 Å². The molecule has 1 amide bonds. The van der Waals surface area contributed by atoms with Gasteiger partial charge in [-0.1, -0.05) is 18.2 Å². The molecule has 25 heavy (non-hydrogen) atoms. The highest BCUT2D eigenvalue weighted by Crippen LogP contribution is 2.62. The summed E-state index contributed by atoms with van der Waals surface area (Å²) < 4.78 is 5.70. The quantitative estimate of drug-likeness (QED) is 0.886. The Morgan fingerprint density at radius 1 is 1.20 bits per heavy atom. The summed E-state index contributed by atoms with van der Waals surface area (Å²) in [6, 6.07) is 8.05. The highest BCUT2D eigenvalue weighted by atomic mass is 16.5. The van der Waals surface area contributed by atoms with Crippen molar-refractivity contribution in [3.8, 4) is 5.75 Å². The number of carbonyl (C=O) groups excluding carboxylic acids is 1. The van der Waals surface area contributed by atoms with E-state index in [-0.39, 0.29) is 17.4 Å². The number of amides is 1. The van der Waals surface area contributed by atoms with Crippen molar-refractivity contribution in [3.63, 3.8) is 0 Å². The zero-order chi connectivity index (χ0) is 17.1. The van der Waals surface area contributed by atoms with Crippen LogP contribution in [0.3, 0.4) is 0 Å². The Bertz CT molecular complexity index is 686. The van der Waals surface area contributed by atoms with Gasteiger partial charge in [0, 0.05) is 18.4 Å². The minimum absolute atomic E-state index is 0.0353. The van der Waals surface area contributed by atoms with Gasteiger partial charge in [-0.2, -0.15) is 0 Å². The highest BCUT2D eigenvalue weighted by molar-refractivity contribution is 5.77. The van der Waals surface area contributed by atoms with Crippen LogP contribution < -0.4 is 10.1 Å². The maximum atomic E-state index is 12.9. The van der Waals surface area contributed by atoms with Crippen molar-refractivity contribution in [3.05, 3.63) is 29.8 Å². The van der Waals surface area contributed by atoms with Crippen LogP contribution in [-0.4, -0.2) is 23.2 Å². The second-order valence-corrected chi connectivity index (χ2v) is 9.16. The molecule has 5 atom stereocenters. The predicted molar refractivity (Wildman–Crippen MR) is 94.1 cm³/mol. The second kappa shape index (κ2) is 5.47. The van der Waals surface area contributed by atoms with Crippen LogP contribution in [0, 0.1) is 17.3 Å². The first-order valence-corrected chi connectivity index (χ1v) is 9.76. The highest BCUT2D eigenvalue weighted by Gasteiger charge is 2.57. The van der Waals surface area contributed by atoms with Crippen molar-refractivity contribution in [1.82, 2.24) is 5.32 Å². The van der Waals surface area contributed by atoms with Crippen molar-refractivity contribution in [2.24, 2.45) is 17.3 Å². The summed E-state index contributed by atoms with van der Waals surface area (Å²) >= 11 is 0. The number of benzene rings is 1. The van der Waals surface area contributed by atoms with E-state index < -0.39 is 5.60 Å². The van der Waals surface area contributed by atoms with Gasteiger partial charge in [-0.25, -0.2) is 0 Å². The number of rotatable bonds is 3.